The Morgan fingerprint density at radius 3 is 2.53 bits per heavy atom. The standard InChI is InChI=1S/C10H20N2O3S2/c13-7-9-1-4-12(5-2-9)17(14,15)11-10-3-6-16-8-10/h9-11,13H,1-8H2. The van der Waals surface area contributed by atoms with E-state index in [0.29, 0.717) is 13.1 Å². The van der Waals surface area contributed by atoms with Crippen LogP contribution in [-0.2, 0) is 10.2 Å². The van der Waals surface area contributed by atoms with Crippen molar-refractivity contribution < 1.29 is 13.5 Å². The Kier molecular flexibility index (Phi) is 4.71. The fourth-order valence-electron chi connectivity index (χ4n) is 2.24. The third-order valence-electron chi connectivity index (χ3n) is 3.42. The molecule has 0 radical (unpaired) electrons. The first-order valence-corrected chi connectivity index (χ1v) is 8.67. The minimum absolute atomic E-state index is 0.0977. The Hall–Kier alpha value is 0.180. The van der Waals surface area contributed by atoms with E-state index in [1.165, 1.54) is 4.31 Å². The molecule has 2 heterocycles. The largest absolute Gasteiger partial charge is 0.396 e. The molecule has 0 bridgehead atoms. The molecule has 0 saturated carbocycles. The summed E-state index contributed by atoms with van der Waals surface area (Å²) in [5.74, 6) is 2.19. The Morgan fingerprint density at radius 2 is 2.00 bits per heavy atom. The van der Waals surface area contributed by atoms with Gasteiger partial charge in [0.25, 0.3) is 10.2 Å². The van der Waals surface area contributed by atoms with E-state index >= 15 is 0 Å². The quantitative estimate of drug-likeness (QED) is 0.762. The second kappa shape index (κ2) is 5.88. The molecular formula is C10H20N2O3S2. The number of nitrogens with zero attached hydrogens (tertiary/aromatic N) is 1. The average Bonchev–Trinajstić information content (AvgIpc) is 2.81. The van der Waals surface area contributed by atoms with Crippen LogP contribution in [0.5, 0.6) is 0 Å². The van der Waals surface area contributed by atoms with E-state index < -0.39 is 10.2 Å². The van der Waals surface area contributed by atoms with Gasteiger partial charge in [0.2, 0.25) is 0 Å². The normalized spacial score (nSPS) is 28.6. The molecule has 7 heteroatoms. The van der Waals surface area contributed by atoms with Crippen LogP contribution in [0, 0.1) is 5.92 Å². The first-order chi connectivity index (χ1) is 8.12. The number of hydrogen-bond donors (Lipinski definition) is 2. The molecule has 0 aromatic heterocycles. The molecule has 2 saturated heterocycles. The highest BCUT2D eigenvalue weighted by atomic mass is 32.2. The van der Waals surface area contributed by atoms with Gasteiger partial charge in [-0.2, -0.15) is 29.2 Å². The van der Waals surface area contributed by atoms with Gasteiger partial charge in [-0.25, -0.2) is 0 Å². The molecule has 2 aliphatic rings. The van der Waals surface area contributed by atoms with Crippen molar-refractivity contribution in [2.24, 2.45) is 5.92 Å². The smallest absolute Gasteiger partial charge is 0.279 e. The van der Waals surface area contributed by atoms with Gasteiger partial charge in [-0.3, -0.25) is 0 Å². The highest BCUT2D eigenvalue weighted by Gasteiger charge is 2.30. The van der Waals surface area contributed by atoms with Crippen molar-refractivity contribution in [2.75, 3.05) is 31.2 Å². The van der Waals surface area contributed by atoms with Crippen molar-refractivity contribution in [1.29, 1.82) is 0 Å². The summed E-state index contributed by atoms with van der Waals surface area (Å²) in [4.78, 5) is 0. The van der Waals surface area contributed by atoms with Crippen LogP contribution >= 0.6 is 11.8 Å². The lowest BCUT2D eigenvalue weighted by Crippen LogP contribution is -2.48. The molecule has 2 aliphatic heterocycles. The summed E-state index contributed by atoms with van der Waals surface area (Å²) >= 11 is 1.80. The first kappa shape index (κ1) is 13.6. The molecule has 0 spiro atoms. The van der Waals surface area contributed by atoms with Gasteiger partial charge < -0.3 is 5.11 Å². The highest BCUT2D eigenvalue weighted by Crippen LogP contribution is 2.21. The molecule has 5 nitrogen and oxygen atoms in total. The number of thioether (sulfide) groups is 1. The predicted molar refractivity (Wildman–Crippen MR) is 69.2 cm³/mol. The second-order valence-electron chi connectivity index (χ2n) is 4.71. The predicted octanol–water partition coefficient (Wildman–Crippen LogP) is 0.0306. The zero-order chi connectivity index (χ0) is 12.3. The number of hydrogen-bond acceptors (Lipinski definition) is 4. The van der Waals surface area contributed by atoms with Crippen molar-refractivity contribution in [2.45, 2.75) is 25.3 Å². The van der Waals surface area contributed by atoms with E-state index in [9.17, 15) is 8.42 Å². The molecule has 100 valence electrons. The summed E-state index contributed by atoms with van der Waals surface area (Å²) in [7, 11) is -3.31. The molecule has 0 amide bonds. The van der Waals surface area contributed by atoms with Gasteiger partial charge in [-0.15, -0.1) is 0 Å². The topological polar surface area (TPSA) is 69.6 Å². The zero-order valence-corrected chi connectivity index (χ0v) is 11.5. The molecule has 2 N–H and O–H groups in total. The van der Waals surface area contributed by atoms with Gasteiger partial charge in [-0.1, -0.05) is 0 Å². The number of piperidine rings is 1. The van der Waals surface area contributed by atoms with Crippen LogP contribution in [0.15, 0.2) is 0 Å². The molecule has 1 unspecified atom stereocenters. The molecule has 2 rings (SSSR count). The molecule has 1 atom stereocenters. The molecule has 0 aliphatic carbocycles. The first-order valence-electron chi connectivity index (χ1n) is 6.08. The number of rotatable bonds is 4. The van der Waals surface area contributed by atoms with Crippen molar-refractivity contribution >= 4 is 22.0 Å². The highest BCUT2D eigenvalue weighted by molar-refractivity contribution is 7.99. The molecule has 2 fully saturated rings. The maximum Gasteiger partial charge on any atom is 0.279 e. The number of nitrogens with one attached hydrogen (secondary N) is 1. The van der Waals surface area contributed by atoms with Gasteiger partial charge in [-0.05, 0) is 30.9 Å². The van der Waals surface area contributed by atoms with Crippen LogP contribution < -0.4 is 4.72 Å². The van der Waals surface area contributed by atoms with Gasteiger partial charge in [0.05, 0.1) is 0 Å². The van der Waals surface area contributed by atoms with Gasteiger partial charge in [0, 0.05) is 31.5 Å². The maximum absolute atomic E-state index is 12.1. The molecule has 0 aromatic carbocycles. The Balaban J connectivity index is 1.87. The van der Waals surface area contributed by atoms with Crippen LogP contribution in [-0.4, -0.2) is 55.1 Å². The minimum atomic E-state index is -3.31. The Bertz CT molecular complexity index is 333. The summed E-state index contributed by atoms with van der Waals surface area (Å²) in [6.45, 7) is 1.22. The summed E-state index contributed by atoms with van der Waals surface area (Å²) in [5.41, 5.74) is 0. The minimum Gasteiger partial charge on any atom is -0.396 e. The van der Waals surface area contributed by atoms with Gasteiger partial charge in [0.15, 0.2) is 0 Å². The van der Waals surface area contributed by atoms with Gasteiger partial charge >= 0.3 is 0 Å². The van der Waals surface area contributed by atoms with E-state index in [4.69, 9.17) is 5.11 Å². The SMILES string of the molecule is O=S(=O)(NC1CCSC1)N1CCC(CO)CC1. The lowest BCUT2D eigenvalue weighted by atomic mass is 10.00. The van der Waals surface area contributed by atoms with E-state index in [2.05, 4.69) is 4.72 Å². The fourth-order valence-corrected chi connectivity index (χ4v) is 4.97. The monoisotopic (exact) mass is 280 g/mol. The average molecular weight is 280 g/mol. The van der Waals surface area contributed by atoms with E-state index in [-0.39, 0.29) is 18.6 Å². The van der Waals surface area contributed by atoms with Crippen molar-refractivity contribution in [3.05, 3.63) is 0 Å². The van der Waals surface area contributed by atoms with Crippen molar-refractivity contribution in [3.63, 3.8) is 0 Å². The summed E-state index contributed by atoms with van der Waals surface area (Å²) < 4.78 is 28.4. The zero-order valence-electron chi connectivity index (χ0n) is 9.84. The number of aliphatic hydroxyl groups excluding tert-OH is 1. The molecule has 17 heavy (non-hydrogen) atoms. The Morgan fingerprint density at radius 1 is 1.29 bits per heavy atom. The molecule has 0 aromatic rings. The summed E-state index contributed by atoms with van der Waals surface area (Å²) in [5, 5.41) is 9.02. The third kappa shape index (κ3) is 3.57. The third-order valence-corrected chi connectivity index (χ3v) is 6.26. The van der Waals surface area contributed by atoms with E-state index in [1.54, 1.807) is 11.8 Å². The van der Waals surface area contributed by atoms with Gasteiger partial charge in [0.1, 0.15) is 0 Å². The van der Waals surface area contributed by atoms with Crippen LogP contribution in [0.25, 0.3) is 0 Å². The van der Waals surface area contributed by atoms with Crippen molar-refractivity contribution in [1.82, 2.24) is 9.03 Å². The second-order valence-corrected chi connectivity index (χ2v) is 7.56. The lowest BCUT2D eigenvalue weighted by Gasteiger charge is -2.31. The molecular weight excluding hydrogens is 260 g/mol. The Labute approximate surface area is 107 Å². The lowest BCUT2D eigenvalue weighted by molar-refractivity contribution is 0.169. The van der Waals surface area contributed by atoms with Crippen LogP contribution in [0.4, 0.5) is 0 Å². The van der Waals surface area contributed by atoms with Crippen LogP contribution in [0.1, 0.15) is 19.3 Å². The summed E-state index contributed by atoms with van der Waals surface area (Å²) in [6, 6.07) is 0.0977. The van der Waals surface area contributed by atoms with E-state index in [0.717, 1.165) is 30.8 Å². The van der Waals surface area contributed by atoms with Crippen LogP contribution in [0.2, 0.25) is 0 Å². The fraction of sp³-hybridized carbons (Fsp3) is 1.00. The summed E-state index contributed by atoms with van der Waals surface area (Å²) in [6.07, 6.45) is 2.45. The van der Waals surface area contributed by atoms with Crippen LogP contribution in [0.3, 0.4) is 0 Å². The van der Waals surface area contributed by atoms with Crippen molar-refractivity contribution in [3.8, 4) is 0 Å². The maximum atomic E-state index is 12.1. The number of aliphatic hydroxyl groups is 1. The van der Waals surface area contributed by atoms with E-state index in [1.807, 2.05) is 0 Å².